The fourth-order valence-electron chi connectivity index (χ4n) is 1.70. The van der Waals surface area contributed by atoms with Crippen molar-refractivity contribution in [2.75, 3.05) is 20.3 Å². The van der Waals surface area contributed by atoms with E-state index in [-0.39, 0.29) is 12.6 Å². The van der Waals surface area contributed by atoms with Gasteiger partial charge in [0.1, 0.15) is 0 Å². The molecule has 1 aromatic rings. The van der Waals surface area contributed by atoms with E-state index in [0.717, 1.165) is 18.5 Å². The third kappa shape index (κ3) is 4.79. The molecule has 0 heterocycles. The summed E-state index contributed by atoms with van der Waals surface area (Å²) in [5, 5.41) is 3.40. The molecule has 3 N–H and O–H groups in total. The van der Waals surface area contributed by atoms with Gasteiger partial charge in [-0.3, -0.25) is 4.79 Å². The molecule has 0 aromatic heterocycles. The Bertz CT molecular complexity index is 421. The number of ether oxygens (including phenoxy) is 2. The average Bonchev–Trinajstić information content (AvgIpc) is 2.42. The highest BCUT2D eigenvalue weighted by atomic mass is 16.5. The first kappa shape index (κ1) is 15.3. The van der Waals surface area contributed by atoms with Crippen LogP contribution in [0.5, 0.6) is 11.5 Å². The number of hydrogen-bond acceptors (Lipinski definition) is 4. The molecular formula is C14H22N2O3. The molecule has 0 aliphatic heterocycles. The van der Waals surface area contributed by atoms with Crippen molar-refractivity contribution in [3.8, 4) is 11.5 Å². The van der Waals surface area contributed by atoms with Crippen LogP contribution in [-0.2, 0) is 4.79 Å². The Balaban J connectivity index is 2.79. The number of carbonyl (C=O) groups excluding carboxylic acids is 1. The Morgan fingerprint density at radius 3 is 2.74 bits per heavy atom. The molecule has 1 amide bonds. The van der Waals surface area contributed by atoms with Crippen LogP contribution in [0.25, 0.3) is 0 Å². The third-order valence-electron chi connectivity index (χ3n) is 2.76. The van der Waals surface area contributed by atoms with Crippen LogP contribution in [0.2, 0.25) is 0 Å². The van der Waals surface area contributed by atoms with E-state index in [9.17, 15) is 4.79 Å². The third-order valence-corrected chi connectivity index (χ3v) is 2.76. The molecule has 19 heavy (non-hydrogen) atoms. The maximum Gasteiger partial charge on any atom is 0.255 e. The maximum absolute atomic E-state index is 10.7. The molecule has 1 aromatic carbocycles. The summed E-state index contributed by atoms with van der Waals surface area (Å²) in [6, 6.07) is 5.89. The summed E-state index contributed by atoms with van der Waals surface area (Å²) in [6.07, 6.45) is 1.08. The average molecular weight is 266 g/mol. The lowest BCUT2D eigenvalue weighted by Crippen LogP contribution is -2.21. The maximum atomic E-state index is 10.7. The molecule has 0 radical (unpaired) electrons. The van der Waals surface area contributed by atoms with Crippen LogP contribution >= 0.6 is 0 Å². The van der Waals surface area contributed by atoms with Crippen molar-refractivity contribution in [1.82, 2.24) is 5.32 Å². The Labute approximate surface area is 114 Å². The molecule has 0 saturated carbocycles. The number of nitrogens with one attached hydrogen (secondary N) is 1. The van der Waals surface area contributed by atoms with Crippen molar-refractivity contribution in [2.45, 2.75) is 26.3 Å². The normalized spacial score (nSPS) is 11.9. The van der Waals surface area contributed by atoms with Crippen LogP contribution in [0.4, 0.5) is 0 Å². The van der Waals surface area contributed by atoms with Gasteiger partial charge in [-0.05, 0) is 37.6 Å². The summed E-state index contributed by atoms with van der Waals surface area (Å²) < 4.78 is 10.6. The number of amides is 1. The molecule has 0 fully saturated rings. The van der Waals surface area contributed by atoms with E-state index in [1.807, 2.05) is 12.1 Å². The highest BCUT2D eigenvalue weighted by molar-refractivity contribution is 5.75. The van der Waals surface area contributed by atoms with Gasteiger partial charge in [0, 0.05) is 6.04 Å². The Morgan fingerprint density at radius 1 is 1.42 bits per heavy atom. The van der Waals surface area contributed by atoms with Crippen LogP contribution in [0.1, 0.15) is 31.9 Å². The molecule has 0 aliphatic rings. The van der Waals surface area contributed by atoms with Crippen LogP contribution < -0.4 is 20.5 Å². The van der Waals surface area contributed by atoms with Crippen molar-refractivity contribution >= 4 is 5.91 Å². The molecule has 106 valence electrons. The van der Waals surface area contributed by atoms with E-state index in [1.54, 1.807) is 13.2 Å². The van der Waals surface area contributed by atoms with Crippen LogP contribution in [0.15, 0.2) is 18.2 Å². The van der Waals surface area contributed by atoms with Crippen LogP contribution in [0.3, 0.4) is 0 Å². The summed E-state index contributed by atoms with van der Waals surface area (Å²) >= 11 is 0. The van der Waals surface area contributed by atoms with Gasteiger partial charge >= 0.3 is 0 Å². The number of hydrogen-bond donors (Lipinski definition) is 2. The molecule has 5 nitrogen and oxygen atoms in total. The van der Waals surface area contributed by atoms with E-state index in [4.69, 9.17) is 15.2 Å². The smallest absolute Gasteiger partial charge is 0.255 e. The lowest BCUT2D eigenvalue weighted by Gasteiger charge is -2.16. The zero-order valence-electron chi connectivity index (χ0n) is 11.7. The Kier molecular flexibility index (Phi) is 6.15. The number of benzene rings is 1. The van der Waals surface area contributed by atoms with Crippen molar-refractivity contribution in [1.29, 1.82) is 0 Å². The predicted molar refractivity (Wildman–Crippen MR) is 74.4 cm³/mol. The van der Waals surface area contributed by atoms with E-state index < -0.39 is 5.91 Å². The summed E-state index contributed by atoms with van der Waals surface area (Å²) in [6.45, 7) is 5.03. The van der Waals surface area contributed by atoms with Crippen molar-refractivity contribution in [3.63, 3.8) is 0 Å². The molecular weight excluding hydrogens is 244 g/mol. The summed E-state index contributed by atoms with van der Waals surface area (Å²) in [5.74, 6) is 0.612. The lowest BCUT2D eigenvalue weighted by atomic mass is 10.1. The monoisotopic (exact) mass is 266 g/mol. The summed E-state index contributed by atoms with van der Waals surface area (Å²) in [5.41, 5.74) is 6.16. The van der Waals surface area contributed by atoms with Gasteiger partial charge in [0.15, 0.2) is 18.1 Å². The van der Waals surface area contributed by atoms with Gasteiger partial charge < -0.3 is 20.5 Å². The number of methoxy groups -OCH3 is 1. The zero-order chi connectivity index (χ0) is 14.3. The number of carbonyl (C=O) groups is 1. The van der Waals surface area contributed by atoms with Gasteiger partial charge in [0.25, 0.3) is 5.91 Å². The van der Waals surface area contributed by atoms with Crippen molar-refractivity contribution < 1.29 is 14.3 Å². The van der Waals surface area contributed by atoms with Crippen molar-refractivity contribution in [3.05, 3.63) is 23.8 Å². The number of nitrogens with two attached hydrogens (primary N) is 1. The minimum atomic E-state index is -0.510. The van der Waals surface area contributed by atoms with E-state index in [0.29, 0.717) is 11.5 Å². The van der Waals surface area contributed by atoms with E-state index in [1.165, 1.54) is 0 Å². The second-order valence-electron chi connectivity index (χ2n) is 4.34. The van der Waals surface area contributed by atoms with Crippen LogP contribution in [-0.4, -0.2) is 26.2 Å². The fraction of sp³-hybridized carbons (Fsp3) is 0.500. The topological polar surface area (TPSA) is 73.6 Å². The molecule has 5 heteroatoms. The van der Waals surface area contributed by atoms with Gasteiger partial charge in [0.2, 0.25) is 0 Å². The first-order chi connectivity index (χ1) is 9.08. The largest absolute Gasteiger partial charge is 0.493 e. The quantitative estimate of drug-likeness (QED) is 0.750. The molecule has 0 bridgehead atoms. The fourth-order valence-corrected chi connectivity index (χ4v) is 1.70. The van der Waals surface area contributed by atoms with Gasteiger partial charge in [-0.15, -0.1) is 0 Å². The minimum absolute atomic E-state index is 0.153. The first-order valence-corrected chi connectivity index (χ1v) is 6.40. The first-order valence-electron chi connectivity index (χ1n) is 6.40. The zero-order valence-corrected chi connectivity index (χ0v) is 11.7. The summed E-state index contributed by atoms with van der Waals surface area (Å²) in [4.78, 5) is 10.7. The number of primary amides is 1. The van der Waals surface area contributed by atoms with E-state index >= 15 is 0 Å². The van der Waals surface area contributed by atoms with Gasteiger partial charge in [-0.25, -0.2) is 0 Å². The SMILES string of the molecule is CCCNC(C)c1ccc(OCC(N)=O)c(OC)c1. The number of rotatable bonds is 8. The van der Waals surface area contributed by atoms with Gasteiger partial charge in [0.05, 0.1) is 7.11 Å². The second kappa shape index (κ2) is 7.63. The standard InChI is InChI=1S/C14H22N2O3/c1-4-7-16-10(2)11-5-6-12(13(8-11)18-3)19-9-14(15)17/h5-6,8,10,16H,4,7,9H2,1-3H3,(H2,15,17). The van der Waals surface area contributed by atoms with Crippen LogP contribution in [0, 0.1) is 0 Å². The highest BCUT2D eigenvalue weighted by Gasteiger charge is 2.10. The molecule has 1 unspecified atom stereocenters. The predicted octanol–water partition coefficient (Wildman–Crippen LogP) is 1.62. The van der Waals surface area contributed by atoms with Gasteiger partial charge in [-0.1, -0.05) is 13.0 Å². The molecule has 1 atom stereocenters. The molecule has 0 aliphatic carbocycles. The Morgan fingerprint density at radius 2 is 2.16 bits per heavy atom. The minimum Gasteiger partial charge on any atom is -0.493 e. The summed E-state index contributed by atoms with van der Waals surface area (Å²) in [7, 11) is 1.57. The molecule has 1 rings (SSSR count). The van der Waals surface area contributed by atoms with E-state index in [2.05, 4.69) is 19.2 Å². The highest BCUT2D eigenvalue weighted by Crippen LogP contribution is 2.30. The lowest BCUT2D eigenvalue weighted by molar-refractivity contribution is -0.119. The van der Waals surface area contributed by atoms with Gasteiger partial charge in [-0.2, -0.15) is 0 Å². The second-order valence-corrected chi connectivity index (χ2v) is 4.34. The Hall–Kier alpha value is -1.75. The molecule has 0 spiro atoms. The molecule has 0 saturated heterocycles. The van der Waals surface area contributed by atoms with Crippen molar-refractivity contribution in [2.24, 2.45) is 5.73 Å².